The molecular formula is C21H28N4O4S. The van der Waals surface area contributed by atoms with E-state index in [1.54, 1.807) is 24.4 Å². The molecule has 1 aromatic carbocycles. The van der Waals surface area contributed by atoms with Crippen LogP contribution in [0.5, 0.6) is 0 Å². The van der Waals surface area contributed by atoms with Crippen LogP contribution in [-0.4, -0.2) is 53.4 Å². The predicted octanol–water partition coefficient (Wildman–Crippen LogP) is 1.79. The molecule has 2 aliphatic rings. The first kappa shape index (κ1) is 21.0. The fourth-order valence-corrected chi connectivity index (χ4v) is 5.81. The zero-order valence-electron chi connectivity index (χ0n) is 17.5. The number of fused-ring (bicyclic) bond motifs is 2. The number of imidazole rings is 1. The lowest BCUT2D eigenvalue weighted by atomic mass is 9.89. The number of carbonyl (C=O) groups is 1. The van der Waals surface area contributed by atoms with Crippen LogP contribution in [0.25, 0.3) is 0 Å². The van der Waals surface area contributed by atoms with E-state index in [1.807, 2.05) is 37.6 Å². The third-order valence-corrected chi connectivity index (χ3v) is 7.63. The standard InChI is InChI=1S/C21H28N4O4S/c1-15(2)23-19(26)18-14-24-12-9-22-20(24)21(29-18)7-10-25(11-8-21)30(27,28)17-6-4-5-16(3)13-17/h4-6,9,12-13,15,18H,7-8,10-11,14H2,1-3H3,(H,23,26). The molecule has 2 aliphatic heterocycles. The van der Waals surface area contributed by atoms with Crippen molar-refractivity contribution in [1.29, 1.82) is 0 Å². The average molecular weight is 433 g/mol. The van der Waals surface area contributed by atoms with Crippen LogP contribution in [-0.2, 0) is 31.7 Å². The molecule has 8 nitrogen and oxygen atoms in total. The van der Waals surface area contributed by atoms with Crippen molar-refractivity contribution < 1.29 is 17.9 Å². The van der Waals surface area contributed by atoms with E-state index in [4.69, 9.17) is 4.74 Å². The van der Waals surface area contributed by atoms with Gasteiger partial charge in [0.25, 0.3) is 5.91 Å². The van der Waals surface area contributed by atoms with Gasteiger partial charge < -0.3 is 14.6 Å². The summed E-state index contributed by atoms with van der Waals surface area (Å²) in [4.78, 5) is 17.4. The molecule has 0 saturated carbocycles. The fourth-order valence-electron chi connectivity index (χ4n) is 4.26. The third-order valence-electron chi connectivity index (χ3n) is 5.73. The maximum absolute atomic E-state index is 13.1. The number of rotatable bonds is 4. The molecule has 2 aromatic rings. The molecule has 162 valence electrons. The highest BCUT2D eigenvalue weighted by molar-refractivity contribution is 7.89. The van der Waals surface area contributed by atoms with Crippen molar-refractivity contribution in [3.05, 3.63) is 48.0 Å². The molecular weight excluding hydrogens is 404 g/mol. The summed E-state index contributed by atoms with van der Waals surface area (Å²) in [6.07, 6.45) is 3.82. The highest BCUT2D eigenvalue weighted by Crippen LogP contribution is 2.41. The van der Waals surface area contributed by atoms with Crippen molar-refractivity contribution in [2.24, 2.45) is 0 Å². The Morgan fingerprint density at radius 1 is 1.30 bits per heavy atom. The Morgan fingerprint density at radius 2 is 2.03 bits per heavy atom. The summed E-state index contributed by atoms with van der Waals surface area (Å²) in [5, 5.41) is 2.91. The number of benzene rings is 1. The van der Waals surface area contributed by atoms with Gasteiger partial charge in [-0.25, -0.2) is 13.4 Å². The Labute approximate surface area is 177 Å². The van der Waals surface area contributed by atoms with Crippen LogP contribution in [0.4, 0.5) is 0 Å². The first-order chi connectivity index (χ1) is 14.2. The molecule has 1 amide bonds. The maximum atomic E-state index is 13.1. The first-order valence-electron chi connectivity index (χ1n) is 10.3. The summed E-state index contributed by atoms with van der Waals surface area (Å²) >= 11 is 0. The van der Waals surface area contributed by atoms with Crippen LogP contribution in [0.3, 0.4) is 0 Å². The lowest BCUT2D eigenvalue weighted by Crippen LogP contribution is -2.55. The topological polar surface area (TPSA) is 93.5 Å². The van der Waals surface area contributed by atoms with E-state index in [0.29, 0.717) is 37.4 Å². The number of nitrogens with one attached hydrogen (secondary N) is 1. The monoisotopic (exact) mass is 432 g/mol. The number of hydrogen-bond donors (Lipinski definition) is 1. The summed E-state index contributed by atoms with van der Waals surface area (Å²) in [7, 11) is -3.58. The normalized spacial score (nSPS) is 21.5. The lowest BCUT2D eigenvalue weighted by molar-refractivity contribution is -0.171. The number of hydrogen-bond acceptors (Lipinski definition) is 5. The smallest absolute Gasteiger partial charge is 0.251 e. The number of amides is 1. The Morgan fingerprint density at radius 3 is 2.70 bits per heavy atom. The molecule has 30 heavy (non-hydrogen) atoms. The van der Waals surface area contributed by atoms with Crippen molar-refractivity contribution in [2.75, 3.05) is 13.1 Å². The highest BCUT2D eigenvalue weighted by atomic mass is 32.2. The lowest BCUT2D eigenvalue weighted by Gasteiger charge is -2.45. The van der Waals surface area contributed by atoms with Crippen molar-refractivity contribution >= 4 is 15.9 Å². The van der Waals surface area contributed by atoms with Gasteiger partial charge in [-0.15, -0.1) is 0 Å². The van der Waals surface area contributed by atoms with E-state index in [1.165, 1.54) is 4.31 Å². The molecule has 0 bridgehead atoms. The van der Waals surface area contributed by atoms with E-state index in [-0.39, 0.29) is 11.9 Å². The molecule has 1 spiro atoms. The SMILES string of the molecule is Cc1cccc(S(=O)(=O)N2CCC3(CC2)OC(C(=O)NC(C)C)Cn2ccnc23)c1. The number of nitrogens with zero attached hydrogens (tertiary/aromatic N) is 3. The van der Waals surface area contributed by atoms with Gasteiger partial charge in [0.15, 0.2) is 6.10 Å². The summed E-state index contributed by atoms with van der Waals surface area (Å²) < 4.78 is 36.0. The maximum Gasteiger partial charge on any atom is 0.251 e. The molecule has 3 heterocycles. The van der Waals surface area contributed by atoms with Crippen molar-refractivity contribution in [3.63, 3.8) is 0 Å². The molecule has 9 heteroatoms. The van der Waals surface area contributed by atoms with E-state index in [0.717, 1.165) is 11.4 Å². The molecule has 1 atom stereocenters. The molecule has 1 fully saturated rings. The Hall–Kier alpha value is -2.23. The number of aromatic nitrogens is 2. The van der Waals surface area contributed by atoms with E-state index in [9.17, 15) is 13.2 Å². The zero-order valence-corrected chi connectivity index (χ0v) is 18.4. The van der Waals surface area contributed by atoms with Crippen LogP contribution in [0.2, 0.25) is 0 Å². The summed E-state index contributed by atoms with van der Waals surface area (Å²) in [5.74, 6) is 0.613. The zero-order chi connectivity index (χ0) is 21.5. The molecule has 1 unspecified atom stereocenters. The van der Waals surface area contributed by atoms with E-state index in [2.05, 4.69) is 10.3 Å². The van der Waals surface area contributed by atoms with Crippen LogP contribution in [0.15, 0.2) is 41.6 Å². The number of ether oxygens (including phenoxy) is 1. The number of piperidine rings is 1. The second-order valence-electron chi connectivity index (χ2n) is 8.39. The number of aryl methyl sites for hydroxylation is 1. The van der Waals surface area contributed by atoms with Gasteiger partial charge in [0, 0.05) is 31.5 Å². The van der Waals surface area contributed by atoms with Gasteiger partial charge in [-0.1, -0.05) is 12.1 Å². The molecule has 1 N–H and O–H groups in total. The molecule has 4 rings (SSSR count). The molecule has 0 aliphatic carbocycles. The first-order valence-corrected chi connectivity index (χ1v) is 11.7. The minimum absolute atomic E-state index is 0.0163. The molecule has 1 saturated heterocycles. The fraction of sp³-hybridized carbons (Fsp3) is 0.524. The van der Waals surface area contributed by atoms with Gasteiger partial charge in [-0.3, -0.25) is 4.79 Å². The van der Waals surface area contributed by atoms with Gasteiger partial charge in [-0.2, -0.15) is 4.31 Å². The van der Waals surface area contributed by atoms with Crippen LogP contribution < -0.4 is 5.32 Å². The minimum Gasteiger partial charge on any atom is -0.352 e. The summed E-state index contributed by atoms with van der Waals surface area (Å²) in [6, 6.07) is 6.97. The quantitative estimate of drug-likeness (QED) is 0.795. The number of carbonyl (C=O) groups excluding carboxylic acids is 1. The van der Waals surface area contributed by atoms with Crippen LogP contribution in [0.1, 0.15) is 38.1 Å². The van der Waals surface area contributed by atoms with Crippen molar-refractivity contribution in [2.45, 2.75) is 62.8 Å². The third kappa shape index (κ3) is 3.77. The second kappa shape index (κ2) is 7.79. The Bertz CT molecular complexity index is 1040. The second-order valence-corrected chi connectivity index (χ2v) is 10.3. The van der Waals surface area contributed by atoms with Gasteiger partial charge in [0.1, 0.15) is 11.4 Å². The molecule has 0 radical (unpaired) electrons. The average Bonchev–Trinajstić information content (AvgIpc) is 3.17. The highest BCUT2D eigenvalue weighted by Gasteiger charge is 2.48. The van der Waals surface area contributed by atoms with Gasteiger partial charge in [0.2, 0.25) is 10.0 Å². The Kier molecular flexibility index (Phi) is 5.46. The van der Waals surface area contributed by atoms with E-state index >= 15 is 0 Å². The summed E-state index contributed by atoms with van der Waals surface area (Å²) in [5.41, 5.74) is 0.139. The molecule has 1 aromatic heterocycles. The van der Waals surface area contributed by atoms with Gasteiger partial charge >= 0.3 is 0 Å². The van der Waals surface area contributed by atoms with Crippen molar-refractivity contribution in [1.82, 2.24) is 19.2 Å². The summed E-state index contributed by atoms with van der Waals surface area (Å²) in [6.45, 7) is 6.72. The van der Waals surface area contributed by atoms with Gasteiger partial charge in [-0.05, 0) is 51.3 Å². The van der Waals surface area contributed by atoms with Crippen LogP contribution in [0, 0.1) is 6.92 Å². The van der Waals surface area contributed by atoms with E-state index < -0.39 is 21.7 Å². The van der Waals surface area contributed by atoms with Gasteiger partial charge in [0.05, 0.1) is 11.4 Å². The predicted molar refractivity (Wildman–Crippen MR) is 111 cm³/mol. The number of sulfonamides is 1. The van der Waals surface area contributed by atoms with Crippen LogP contribution >= 0.6 is 0 Å². The Balaban J connectivity index is 1.56. The van der Waals surface area contributed by atoms with Crippen molar-refractivity contribution in [3.8, 4) is 0 Å². The largest absolute Gasteiger partial charge is 0.352 e. The minimum atomic E-state index is -3.58.